The molecule has 2 rings (SSSR count). The fraction of sp³-hybridized carbons (Fsp3) is 0.500. The Hall–Kier alpha value is -0.580. The maximum Gasteiger partial charge on any atom is 0.120 e. The van der Waals surface area contributed by atoms with E-state index in [-0.39, 0.29) is 0 Å². The quantitative estimate of drug-likeness (QED) is 0.842. The highest BCUT2D eigenvalue weighted by Crippen LogP contribution is 2.17. The Morgan fingerprint density at radius 1 is 1.50 bits per heavy atom. The second kappa shape index (κ2) is 6.23. The van der Waals surface area contributed by atoms with Gasteiger partial charge in [-0.25, -0.2) is 0 Å². The Bertz CT molecular complexity index is 327. The third-order valence-corrected chi connectivity index (χ3v) is 3.02. The van der Waals surface area contributed by atoms with E-state index in [1.165, 1.54) is 0 Å². The van der Waals surface area contributed by atoms with Crippen LogP contribution in [0.4, 0.5) is 0 Å². The topological polar surface area (TPSA) is 30.5 Å². The van der Waals surface area contributed by atoms with Crippen LogP contribution >= 0.6 is 15.9 Å². The van der Waals surface area contributed by atoms with E-state index in [1.807, 2.05) is 24.3 Å². The van der Waals surface area contributed by atoms with Crippen molar-refractivity contribution < 1.29 is 9.47 Å². The predicted molar refractivity (Wildman–Crippen MR) is 66.9 cm³/mol. The molecule has 1 aliphatic heterocycles. The minimum atomic E-state index is 0.506. The van der Waals surface area contributed by atoms with Gasteiger partial charge in [-0.3, -0.25) is 0 Å². The second-order valence-electron chi connectivity index (χ2n) is 3.82. The first-order valence-electron chi connectivity index (χ1n) is 5.54. The van der Waals surface area contributed by atoms with E-state index in [2.05, 4.69) is 21.2 Å². The Kier molecular flexibility index (Phi) is 4.63. The molecular formula is C12H16BrNO2. The van der Waals surface area contributed by atoms with Gasteiger partial charge in [0.05, 0.1) is 6.61 Å². The molecule has 1 heterocycles. The van der Waals surface area contributed by atoms with Gasteiger partial charge >= 0.3 is 0 Å². The number of hydrogen-bond acceptors (Lipinski definition) is 3. The lowest BCUT2D eigenvalue weighted by molar-refractivity contribution is 0.188. The minimum Gasteiger partial charge on any atom is -0.492 e. The number of nitrogens with one attached hydrogen (secondary N) is 1. The molecule has 4 heteroatoms. The number of halogens is 1. The first kappa shape index (κ1) is 11.9. The van der Waals surface area contributed by atoms with Gasteiger partial charge in [0.25, 0.3) is 0 Å². The fourth-order valence-electron chi connectivity index (χ4n) is 1.68. The largest absolute Gasteiger partial charge is 0.492 e. The van der Waals surface area contributed by atoms with E-state index in [1.54, 1.807) is 0 Å². The average Bonchev–Trinajstić information content (AvgIpc) is 2.77. The summed E-state index contributed by atoms with van der Waals surface area (Å²) in [6, 6.07) is 8.40. The maximum atomic E-state index is 5.61. The molecule has 0 bridgehead atoms. The van der Waals surface area contributed by atoms with E-state index in [0.717, 1.165) is 36.4 Å². The van der Waals surface area contributed by atoms with Crippen LogP contribution in [-0.2, 0) is 4.74 Å². The zero-order chi connectivity index (χ0) is 11.2. The Labute approximate surface area is 104 Å². The smallest absolute Gasteiger partial charge is 0.120 e. The Balaban J connectivity index is 1.64. The normalized spacial score (nSPS) is 19.9. The van der Waals surface area contributed by atoms with Gasteiger partial charge in [-0.15, -0.1) is 0 Å². The lowest BCUT2D eigenvalue weighted by atomic mass is 10.3. The molecule has 3 nitrogen and oxygen atoms in total. The summed E-state index contributed by atoms with van der Waals surface area (Å²) in [7, 11) is 0. The number of hydrogen-bond donors (Lipinski definition) is 1. The number of benzene rings is 1. The molecule has 0 saturated carbocycles. The molecule has 0 spiro atoms. The summed E-state index contributed by atoms with van der Waals surface area (Å²) < 4.78 is 11.9. The van der Waals surface area contributed by atoms with Crippen LogP contribution in [0, 0.1) is 0 Å². The highest BCUT2D eigenvalue weighted by molar-refractivity contribution is 9.10. The fourth-order valence-corrected chi connectivity index (χ4v) is 2.06. The van der Waals surface area contributed by atoms with Crippen molar-refractivity contribution in [1.82, 2.24) is 5.32 Å². The summed E-state index contributed by atoms with van der Waals surface area (Å²) in [5.74, 6) is 0.902. The van der Waals surface area contributed by atoms with Crippen molar-refractivity contribution >= 4 is 15.9 Å². The maximum absolute atomic E-state index is 5.61. The average molecular weight is 286 g/mol. The van der Waals surface area contributed by atoms with Crippen molar-refractivity contribution in [3.8, 4) is 5.75 Å². The Morgan fingerprint density at radius 2 is 2.44 bits per heavy atom. The van der Waals surface area contributed by atoms with Gasteiger partial charge in [0.15, 0.2) is 0 Å². The molecule has 1 unspecified atom stereocenters. The molecule has 1 atom stereocenters. The van der Waals surface area contributed by atoms with E-state index in [9.17, 15) is 0 Å². The molecule has 1 aromatic rings. The number of ether oxygens (including phenoxy) is 2. The van der Waals surface area contributed by atoms with Crippen molar-refractivity contribution in [3.63, 3.8) is 0 Å². The molecule has 0 aliphatic carbocycles. The molecule has 1 saturated heterocycles. The number of rotatable bonds is 5. The molecule has 0 radical (unpaired) electrons. The summed E-state index contributed by atoms with van der Waals surface area (Å²) in [6.45, 7) is 3.26. The third-order valence-electron chi connectivity index (χ3n) is 2.53. The van der Waals surface area contributed by atoms with Crippen LogP contribution in [0.1, 0.15) is 6.42 Å². The standard InChI is InChI=1S/C12H16BrNO2/c13-10-2-1-3-12(8-10)16-7-5-14-11-4-6-15-9-11/h1-3,8,11,14H,4-7,9H2. The van der Waals surface area contributed by atoms with Crippen LogP contribution in [-0.4, -0.2) is 32.4 Å². The van der Waals surface area contributed by atoms with Crippen LogP contribution in [0.5, 0.6) is 5.75 Å². The van der Waals surface area contributed by atoms with E-state index < -0.39 is 0 Å². The lowest BCUT2D eigenvalue weighted by Crippen LogP contribution is -2.32. The van der Waals surface area contributed by atoms with Crippen molar-refractivity contribution in [2.75, 3.05) is 26.4 Å². The highest BCUT2D eigenvalue weighted by atomic mass is 79.9. The zero-order valence-electron chi connectivity index (χ0n) is 9.12. The van der Waals surface area contributed by atoms with Gasteiger partial charge in [0, 0.05) is 23.7 Å². The first-order chi connectivity index (χ1) is 7.84. The van der Waals surface area contributed by atoms with Gasteiger partial charge in [-0.1, -0.05) is 22.0 Å². The van der Waals surface area contributed by atoms with Crippen LogP contribution < -0.4 is 10.1 Å². The second-order valence-corrected chi connectivity index (χ2v) is 4.74. The first-order valence-corrected chi connectivity index (χ1v) is 6.33. The molecule has 1 aliphatic rings. The van der Waals surface area contributed by atoms with E-state index in [0.29, 0.717) is 12.6 Å². The van der Waals surface area contributed by atoms with Crippen LogP contribution in [0.15, 0.2) is 28.7 Å². The summed E-state index contributed by atoms with van der Waals surface area (Å²) in [5.41, 5.74) is 0. The predicted octanol–water partition coefficient (Wildman–Crippen LogP) is 2.21. The van der Waals surface area contributed by atoms with Gasteiger partial charge in [-0.05, 0) is 24.6 Å². The minimum absolute atomic E-state index is 0.506. The van der Waals surface area contributed by atoms with Crippen LogP contribution in [0.2, 0.25) is 0 Å². The van der Waals surface area contributed by atoms with E-state index in [4.69, 9.17) is 9.47 Å². The van der Waals surface area contributed by atoms with Crippen LogP contribution in [0.3, 0.4) is 0 Å². The SMILES string of the molecule is Brc1cccc(OCCNC2CCOC2)c1. The monoisotopic (exact) mass is 285 g/mol. The summed E-state index contributed by atoms with van der Waals surface area (Å²) in [4.78, 5) is 0. The Morgan fingerprint density at radius 3 is 3.19 bits per heavy atom. The molecule has 0 amide bonds. The molecule has 0 aromatic heterocycles. The zero-order valence-corrected chi connectivity index (χ0v) is 10.7. The molecule has 88 valence electrons. The molecule has 1 N–H and O–H groups in total. The van der Waals surface area contributed by atoms with Gasteiger partial charge in [-0.2, -0.15) is 0 Å². The van der Waals surface area contributed by atoms with Crippen molar-refractivity contribution in [2.45, 2.75) is 12.5 Å². The van der Waals surface area contributed by atoms with Gasteiger partial charge in [0.2, 0.25) is 0 Å². The summed E-state index contributed by atoms with van der Waals surface area (Å²) in [5, 5.41) is 3.40. The molecule has 1 aromatic carbocycles. The highest BCUT2D eigenvalue weighted by Gasteiger charge is 2.13. The third kappa shape index (κ3) is 3.77. The van der Waals surface area contributed by atoms with Gasteiger partial charge < -0.3 is 14.8 Å². The van der Waals surface area contributed by atoms with Crippen molar-refractivity contribution in [1.29, 1.82) is 0 Å². The summed E-state index contributed by atoms with van der Waals surface area (Å²) in [6.07, 6.45) is 1.11. The van der Waals surface area contributed by atoms with Crippen molar-refractivity contribution in [3.05, 3.63) is 28.7 Å². The van der Waals surface area contributed by atoms with Gasteiger partial charge in [0.1, 0.15) is 12.4 Å². The molecule has 1 fully saturated rings. The van der Waals surface area contributed by atoms with Crippen molar-refractivity contribution in [2.24, 2.45) is 0 Å². The van der Waals surface area contributed by atoms with E-state index >= 15 is 0 Å². The van der Waals surface area contributed by atoms with Crippen LogP contribution in [0.25, 0.3) is 0 Å². The lowest BCUT2D eigenvalue weighted by Gasteiger charge is -2.11. The molecular weight excluding hydrogens is 270 g/mol. The summed E-state index contributed by atoms with van der Waals surface area (Å²) >= 11 is 3.41. The molecule has 16 heavy (non-hydrogen) atoms.